The molecule has 0 aromatic heterocycles. The molecule has 2 N–H and O–H groups in total. The molecule has 10 heteroatoms. The van der Waals surface area contributed by atoms with E-state index in [1.807, 2.05) is 0 Å². The number of nitro groups is 1. The Labute approximate surface area is 158 Å². The molecule has 2 aromatic carbocycles. The van der Waals surface area contributed by atoms with E-state index in [2.05, 4.69) is 42.4 Å². The molecule has 0 unspecified atom stereocenters. The highest BCUT2D eigenvalue weighted by Crippen LogP contribution is 2.32. The summed E-state index contributed by atoms with van der Waals surface area (Å²) in [7, 11) is 0. The molecule has 0 saturated heterocycles. The molecule has 0 aliphatic heterocycles. The minimum Gasteiger partial charge on any atom is -0.506 e. The molecule has 0 aliphatic rings. The molecule has 0 atom stereocenters. The molecule has 0 bridgehead atoms. The number of halogens is 2. The number of carbonyl (C=O) groups is 1. The molecule has 0 aliphatic carbocycles. The molecule has 1 amide bonds. The zero-order chi connectivity index (χ0) is 18.4. The number of nitro benzene ring substituents is 1. The van der Waals surface area contributed by atoms with E-state index in [0.29, 0.717) is 14.5 Å². The average Bonchev–Trinajstić information content (AvgIpc) is 2.58. The van der Waals surface area contributed by atoms with E-state index in [1.165, 1.54) is 30.5 Å². The average molecular weight is 473 g/mol. The molecule has 0 saturated carbocycles. The number of benzene rings is 2. The Morgan fingerprint density at radius 2 is 2.00 bits per heavy atom. The third-order valence-electron chi connectivity index (χ3n) is 2.84. The Hall–Kier alpha value is -2.46. The van der Waals surface area contributed by atoms with Crippen molar-refractivity contribution in [2.75, 3.05) is 6.61 Å². The maximum atomic E-state index is 11.7. The number of aromatic hydroxyl groups is 1. The number of phenolic OH excluding ortho intramolecular Hbond substituents is 1. The van der Waals surface area contributed by atoms with Crippen molar-refractivity contribution in [3.8, 4) is 11.5 Å². The van der Waals surface area contributed by atoms with Crippen LogP contribution in [0, 0.1) is 10.1 Å². The van der Waals surface area contributed by atoms with Gasteiger partial charge in [-0.1, -0.05) is 6.07 Å². The summed E-state index contributed by atoms with van der Waals surface area (Å²) in [6, 6.07) is 8.76. The van der Waals surface area contributed by atoms with Gasteiger partial charge in [0.15, 0.2) is 6.61 Å². The van der Waals surface area contributed by atoms with E-state index < -0.39 is 10.8 Å². The Bertz CT molecular complexity index is 819. The first kappa shape index (κ1) is 18.9. The highest BCUT2D eigenvalue weighted by molar-refractivity contribution is 9.11. The summed E-state index contributed by atoms with van der Waals surface area (Å²) in [5.74, 6) is -0.258. The number of carbonyl (C=O) groups excluding carboxylic acids is 1. The van der Waals surface area contributed by atoms with Crippen molar-refractivity contribution in [2.24, 2.45) is 5.10 Å². The van der Waals surface area contributed by atoms with Gasteiger partial charge in [0.25, 0.3) is 11.6 Å². The Balaban J connectivity index is 1.88. The molecule has 0 heterocycles. The fraction of sp³-hybridized carbons (Fsp3) is 0.0667. The van der Waals surface area contributed by atoms with Gasteiger partial charge in [-0.3, -0.25) is 14.9 Å². The first-order chi connectivity index (χ1) is 11.9. The number of hydrogen-bond donors (Lipinski definition) is 2. The van der Waals surface area contributed by atoms with E-state index in [4.69, 9.17) is 4.74 Å². The van der Waals surface area contributed by atoms with E-state index in [1.54, 1.807) is 12.1 Å². The van der Waals surface area contributed by atoms with Gasteiger partial charge in [0.1, 0.15) is 11.5 Å². The molecule has 2 aromatic rings. The summed E-state index contributed by atoms with van der Waals surface area (Å²) in [5, 5.41) is 24.1. The number of ether oxygens (including phenoxy) is 1. The molecule has 2 rings (SSSR count). The number of phenols is 1. The summed E-state index contributed by atoms with van der Waals surface area (Å²) in [4.78, 5) is 21.8. The smallest absolute Gasteiger partial charge is 0.277 e. The van der Waals surface area contributed by atoms with E-state index in [-0.39, 0.29) is 23.8 Å². The summed E-state index contributed by atoms with van der Waals surface area (Å²) in [6.45, 7) is -0.346. The zero-order valence-electron chi connectivity index (χ0n) is 12.5. The molecule has 8 nitrogen and oxygen atoms in total. The summed E-state index contributed by atoms with van der Waals surface area (Å²) in [6.07, 6.45) is 1.39. The highest BCUT2D eigenvalue weighted by Gasteiger charge is 2.08. The fourth-order valence-corrected chi connectivity index (χ4v) is 2.93. The van der Waals surface area contributed by atoms with Crippen molar-refractivity contribution < 1.29 is 19.6 Å². The number of nitrogens with one attached hydrogen (secondary N) is 1. The van der Waals surface area contributed by atoms with E-state index in [9.17, 15) is 20.0 Å². The van der Waals surface area contributed by atoms with Gasteiger partial charge >= 0.3 is 0 Å². The van der Waals surface area contributed by atoms with Crippen LogP contribution < -0.4 is 10.2 Å². The normalized spacial score (nSPS) is 10.6. The van der Waals surface area contributed by atoms with Crippen LogP contribution in [0.5, 0.6) is 11.5 Å². The van der Waals surface area contributed by atoms with Gasteiger partial charge in [0, 0.05) is 6.07 Å². The second kappa shape index (κ2) is 8.58. The van der Waals surface area contributed by atoms with Crippen LogP contribution in [0.2, 0.25) is 0 Å². The van der Waals surface area contributed by atoms with Crippen molar-refractivity contribution in [3.63, 3.8) is 0 Å². The van der Waals surface area contributed by atoms with Crippen LogP contribution in [0.1, 0.15) is 5.56 Å². The Morgan fingerprint density at radius 3 is 2.64 bits per heavy atom. The lowest BCUT2D eigenvalue weighted by atomic mass is 10.2. The Morgan fingerprint density at radius 1 is 1.32 bits per heavy atom. The molecule has 130 valence electrons. The Kier molecular flexibility index (Phi) is 6.48. The first-order valence-corrected chi connectivity index (χ1v) is 8.32. The third-order valence-corrected chi connectivity index (χ3v) is 4.05. The highest BCUT2D eigenvalue weighted by atomic mass is 79.9. The van der Waals surface area contributed by atoms with E-state index in [0.717, 1.165) is 0 Å². The van der Waals surface area contributed by atoms with Gasteiger partial charge in [0.2, 0.25) is 0 Å². The van der Waals surface area contributed by atoms with Gasteiger partial charge in [0.05, 0.1) is 26.1 Å². The van der Waals surface area contributed by atoms with Crippen LogP contribution in [-0.4, -0.2) is 28.8 Å². The van der Waals surface area contributed by atoms with Crippen molar-refractivity contribution in [3.05, 3.63) is 61.0 Å². The van der Waals surface area contributed by atoms with Gasteiger partial charge in [-0.2, -0.15) is 5.10 Å². The van der Waals surface area contributed by atoms with Crippen molar-refractivity contribution >= 4 is 49.7 Å². The monoisotopic (exact) mass is 471 g/mol. The lowest BCUT2D eigenvalue weighted by Crippen LogP contribution is -2.24. The molecular formula is C15H11Br2N3O5. The maximum Gasteiger partial charge on any atom is 0.277 e. The molecule has 0 fully saturated rings. The zero-order valence-corrected chi connectivity index (χ0v) is 15.7. The molecule has 0 spiro atoms. The van der Waals surface area contributed by atoms with Gasteiger partial charge in [-0.15, -0.1) is 0 Å². The predicted molar refractivity (Wildman–Crippen MR) is 97.8 cm³/mol. The number of nitrogens with zero attached hydrogens (tertiary/aromatic N) is 2. The summed E-state index contributed by atoms with van der Waals surface area (Å²) < 4.78 is 6.13. The summed E-state index contributed by atoms with van der Waals surface area (Å²) >= 11 is 6.37. The first-order valence-electron chi connectivity index (χ1n) is 6.74. The van der Waals surface area contributed by atoms with Crippen LogP contribution in [0.25, 0.3) is 0 Å². The number of non-ortho nitro benzene ring substituents is 1. The van der Waals surface area contributed by atoms with Crippen LogP contribution in [0.3, 0.4) is 0 Å². The third kappa shape index (κ3) is 5.54. The van der Waals surface area contributed by atoms with Crippen molar-refractivity contribution in [1.82, 2.24) is 5.43 Å². The topological polar surface area (TPSA) is 114 Å². The quantitative estimate of drug-likeness (QED) is 0.380. The lowest BCUT2D eigenvalue weighted by molar-refractivity contribution is -0.384. The number of hydrazone groups is 1. The fourth-order valence-electron chi connectivity index (χ4n) is 1.71. The van der Waals surface area contributed by atoms with Crippen LogP contribution in [0.15, 0.2) is 50.4 Å². The number of rotatable bonds is 6. The second-order valence-corrected chi connectivity index (χ2v) is 6.38. The van der Waals surface area contributed by atoms with Crippen LogP contribution in [-0.2, 0) is 4.79 Å². The van der Waals surface area contributed by atoms with Gasteiger partial charge in [-0.25, -0.2) is 5.43 Å². The van der Waals surface area contributed by atoms with Gasteiger partial charge < -0.3 is 9.84 Å². The SMILES string of the molecule is O=C(COc1cccc([N+](=O)[O-])c1)NN=Cc1cc(Br)c(O)c(Br)c1. The minimum absolute atomic E-state index is 0.0616. The maximum absolute atomic E-state index is 11.7. The lowest BCUT2D eigenvalue weighted by Gasteiger charge is -2.05. The molecule has 0 radical (unpaired) electrons. The standard InChI is InChI=1S/C15H11Br2N3O5/c16-12-4-9(5-13(17)15(12)22)7-18-19-14(21)8-25-11-3-1-2-10(6-11)20(23)24/h1-7,22H,8H2,(H,19,21). The summed E-state index contributed by atoms with van der Waals surface area (Å²) in [5.41, 5.74) is 2.78. The van der Waals surface area contributed by atoms with Crippen LogP contribution >= 0.6 is 31.9 Å². The van der Waals surface area contributed by atoms with E-state index >= 15 is 0 Å². The van der Waals surface area contributed by atoms with Gasteiger partial charge in [-0.05, 0) is 55.6 Å². The number of hydrogen-bond acceptors (Lipinski definition) is 6. The predicted octanol–water partition coefficient (Wildman–Crippen LogP) is 3.35. The minimum atomic E-state index is -0.550. The van der Waals surface area contributed by atoms with Crippen molar-refractivity contribution in [1.29, 1.82) is 0 Å². The largest absolute Gasteiger partial charge is 0.506 e. The van der Waals surface area contributed by atoms with Crippen LogP contribution in [0.4, 0.5) is 5.69 Å². The second-order valence-electron chi connectivity index (χ2n) is 4.67. The molecular weight excluding hydrogens is 462 g/mol. The van der Waals surface area contributed by atoms with Crippen molar-refractivity contribution in [2.45, 2.75) is 0 Å². The molecule has 25 heavy (non-hydrogen) atoms. The number of amides is 1.